The first kappa shape index (κ1) is 17.8. The number of methoxy groups -OCH3 is 1. The maximum atomic E-state index is 12.4. The summed E-state index contributed by atoms with van der Waals surface area (Å²) in [5.74, 6) is 1.03. The lowest BCUT2D eigenvalue weighted by Crippen LogP contribution is -2.13. The molecular formula is C19H19N3O3S. The lowest BCUT2D eigenvalue weighted by molar-refractivity contribution is 0.415. The molecule has 0 atom stereocenters. The van der Waals surface area contributed by atoms with Gasteiger partial charge >= 0.3 is 0 Å². The van der Waals surface area contributed by atoms with Crippen molar-refractivity contribution in [2.75, 3.05) is 17.1 Å². The molecule has 1 aromatic heterocycles. The van der Waals surface area contributed by atoms with Gasteiger partial charge < -0.3 is 10.1 Å². The quantitative estimate of drug-likeness (QED) is 0.688. The van der Waals surface area contributed by atoms with Crippen molar-refractivity contribution in [1.29, 1.82) is 0 Å². The number of hydrogen-bond donors (Lipinski definition) is 2. The van der Waals surface area contributed by atoms with Crippen LogP contribution in [0.4, 0.5) is 17.2 Å². The predicted molar refractivity (Wildman–Crippen MR) is 103 cm³/mol. The van der Waals surface area contributed by atoms with Gasteiger partial charge in [0.15, 0.2) is 0 Å². The summed E-state index contributed by atoms with van der Waals surface area (Å²) in [4.78, 5) is 4.36. The number of nitrogens with zero attached hydrogens (tertiary/aromatic N) is 1. The van der Waals surface area contributed by atoms with Gasteiger partial charge in [0, 0.05) is 5.69 Å². The van der Waals surface area contributed by atoms with Crippen molar-refractivity contribution in [2.45, 2.75) is 11.8 Å². The van der Waals surface area contributed by atoms with Gasteiger partial charge in [0.2, 0.25) is 0 Å². The summed E-state index contributed by atoms with van der Waals surface area (Å²) in [7, 11) is -2.04. The topological polar surface area (TPSA) is 80.3 Å². The minimum atomic E-state index is -3.66. The third-order valence-corrected chi connectivity index (χ3v) is 5.08. The van der Waals surface area contributed by atoms with Crippen LogP contribution in [0.5, 0.6) is 5.75 Å². The van der Waals surface area contributed by atoms with Crippen LogP contribution in [0.15, 0.2) is 71.8 Å². The maximum Gasteiger partial charge on any atom is 0.263 e. The number of aromatic nitrogens is 1. The second-order valence-electron chi connectivity index (χ2n) is 5.70. The van der Waals surface area contributed by atoms with E-state index in [4.69, 9.17) is 4.74 Å². The maximum absolute atomic E-state index is 12.4. The van der Waals surface area contributed by atoms with Crippen molar-refractivity contribution < 1.29 is 13.2 Å². The lowest BCUT2D eigenvalue weighted by Gasteiger charge is -2.10. The van der Waals surface area contributed by atoms with Crippen LogP contribution in [0.3, 0.4) is 0 Å². The molecule has 0 fully saturated rings. The molecule has 2 aromatic carbocycles. The molecule has 7 heteroatoms. The molecule has 0 aliphatic carbocycles. The van der Waals surface area contributed by atoms with Crippen LogP contribution in [0.1, 0.15) is 5.56 Å². The molecule has 0 unspecified atom stereocenters. The Balaban J connectivity index is 1.69. The van der Waals surface area contributed by atoms with E-state index in [2.05, 4.69) is 15.0 Å². The normalized spacial score (nSPS) is 11.0. The first-order valence-corrected chi connectivity index (χ1v) is 9.41. The van der Waals surface area contributed by atoms with Crippen molar-refractivity contribution in [1.82, 2.24) is 4.98 Å². The molecule has 2 N–H and O–H groups in total. The summed E-state index contributed by atoms with van der Waals surface area (Å²) in [5.41, 5.74) is 2.62. The highest BCUT2D eigenvalue weighted by Crippen LogP contribution is 2.21. The van der Waals surface area contributed by atoms with Gasteiger partial charge in [-0.1, -0.05) is 17.7 Å². The number of nitrogens with one attached hydrogen (secondary N) is 2. The molecule has 0 aliphatic rings. The standard InChI is InChI=1S/C19H19N3O3S/c1-14-3-10-18(11-4-14)26(23,24)22-19-12-7-16(13-20-19)21-15-5-8-17(25-2)9-6-15/h3-13,21H,1-2H3,(H,20,22). The fraction of sp³-hybridized carbons (Fsp3) is 0.105. The number of anilines is 3. The Bertz CT molecular complexity index is 968. The Morgan fingerprint density at radius 1 is 0.885 bits per heavy atom. The zero-order chi connectivity index (χ0) is 18.6. The lowest BCUT2D eigenvalue weighted by atomic mass is 10.2. The summed E-state index contributed by atoms with van der Waals surface area (Å²) < 4.78 is 32.3. The number of ether oxygens (including phenoxy) is 1. The average molecular weight is 369 g/mol. The van der Waals surface area contributed by atoms with Crippen LogP contribution in [0, 0.1) is 6.92 Å². The first-order valence-electron chi connectivity index (χ1n) is 7.93. The average Bonchev–Trinajstić information content (AvgIpc) is 2.64. The van der Waals surface area contributed by atoms with Gasteiger partial charge in [-0.3, -0.25) is 4.72 Å². The molecule has 134 valence electrons. The minimum Gasteiger partial charge on any atom is -0.497 e. The number of sulfonamides is 1. The second kappa shape index (κ2) is 7.45. The molecule has 0 saturated carbocycles. The van der Waals surface area contributed by atoms with Gasteiger partial charge in [-0.25, -0.2) is 13.4 Å². The van der Waals surface area contributed by atoms with Gasteiger partial charge in [0.25, 0.3) is 10.0 Å². The molecule has 0 radical (unpaired) electrons. The predicted octanol–water partition coefficient (Wildman–Crippen LogP) is 3.94. The van der Waals surface area contributed by atoms with E-state index in [0.29, 0.717) is 0 Å². The molecule has 0 spiro atoms. The van der Waals surface area contributed by atoms with Crippen molar-refractivity contribution in [2.24, 2.45) is 0 Å². The van der Waals surface area contributed by atoms with Crippen LogP contribution >= 0.6 is 0 Å². The van der Waals surface area contributed by atoms with E-state index in [1.54, 1.807) is 49.7 Å². The summed E-state index contributed by atoms with van der Waals surface area (Å²) in [6.07, 6.45) is 1.57. The van der Waals surface area contributed by atoms with Crippen LogP contribution < -0.4 is 14.8 Å². The van der Waals surface area contributed by atoms with Gasteiger partial charge in [-0.05, 0) is 55.5 Å². The van der Waals surface area contributed by atoms with E-state index in [9.17, 15) is 8.42 Å². The summed E-state index contributed by atoms with van der Waals surface area (Å²) in [6.45, 7) is 1.90. The molecule has 0 saturated heterocycles. The third kappa shape index (κ3) is 4.31. The molecule has 26 heavy (non-hydrogen) atoms. The van der Waals surface area contributed by atoms with Gasteiger partial charge in [0.1, 0.15) is 11.6 Å². The highest BCUT2D eigenvalue weighted by molar-refractivity contribution is 7.92. The van der Waals surface area contributed by atoms with E-state index in [0.717, 1.165) is 22.7 Å². The molecule has 1 heterocycles. The van der Waals surface area contributed by atoms with Gasteiger partial charge in [-0.2, -0.15) is 0 Å². The number of aryl methyl sites for hydroxylation is 1. The second-order valence-corrected chi connectivity index (χ2v) is 7.39. The third-order valence-electron chi connectivity index (χ3n) is 3.71. The fourth-order valence-corrected chi connectivity index (χ4v) is 3.29. The van der Waals surface area contributed by atoms with Crippen LogP contribution in [0.2, 0.25) is 0 Å². The smallest absolute Gasteiger partial charge is 0.263 e. The molecule has 0 amide bonds. The van der Waals surface area contributed by atoms with Crippen molar-refractivity contribution in [3.05, 3.63) is 72.4 Å². The van der Waals surface area contributed by atoms with E-state index in [1.807, 2.05) is 31.2 Å². The summed E-state index contributed by atoms with van der Waals surface area (Å²) in [5, 5.41) is 3.19. The summed E-state index contributed by atoms with van der Waals surface area (Å²) in [6, 6.07) is 17.5. The highest BCUT2D eigenvalue weighted by atomic mass is 32.2. The van der Waals surface area contributed by atoms with E-state index >= 15 is 0 Å². The molecule has 0 bridgehead atoms. The van der Waals surface area contributed by atoms with E-state index in [-0.39, 0.29) is 10.7 Å². The van der Waals surface area contributed by atoms with E-state index < -0.39 is 10.0 Å². The van der Waals surface area contributed by atoms with Gasteiger partial charge in [-0.15, -0.1) is 0 Å². The Hall–Kier alpha value is -3.06. The largest absolute Gasteiger partial charge is 0.497 e. The zero-order valence-electron chi connectivity index (χ0n) is 14.4. The van der Waals surface area contributed by atoms with Crippen molar-refractivity contribution in [3.63, 3.8) is 0 Å². The number of benzene rings is 2. The molecule has 0 aliphatic heterocycles. The highest BCUT2D eigenvalue weighted by Gasteiger charge is 2.14. The van der Waals surface area contributed by atoms with Crippen molar-refractivity contribution >= 4 is 27.2 Å². The van der Waals surface area contributed by atoms with E-state index in [1.165, 1.54) is 0 Å². The Kier molecular flexibility index (Phi) is 5.09. The van der Waals surface area contributed by atoms with Crippen LogP contribution in [0.25, 0.3) is 0 Å². The first-order chi connectivity index (χ1) is 12.5. The zero-order valence-corrected chi connectivity index (χ0v) is 15.2. The fourth-order valence-electron chi connectivity index (χ4n) is 2.28. The van der Waals surface area contributed by atoms with Crippen molar-refractivity contribution in [3.8, 4) is 5.75 Å². The Labute approximate surface area is 152 Å². The van der Waals surface area contributed by atoms with Gasteiger partial charge in [0.05, 0.1) is 23.9 Å². The Morgan fingerprint density at radius 3 is 2.12 bits per heavy atom. The molecule has 3 rings (SSSR count). The minimum absolute atomic E-state index is 0.199. The molecular weight excluding hydrogens is 350 g/mol. The number of pyridine rings is 1. The molecule has 6 nitrogen and oxygen atoms in total. The Morgan fingerprint density at radius 2 is 1.54 bits per heavy atom. The molecule has 3 aromatic rings. The van der Waals surface area contributed by atoms with Crippen LogP contribution in [-0.2, 0) is 10.0 Å². The SMILES string of the molecule is COc1ccc(Nc2ccc(NS(=O)(=O)c3ccc(C)cc3)nc2)cc1. The van der Waals surface area contributed by atoms with Crippen LogP contribution in [-0.4, -0.2) is 20.5 Å². The summed E-state index contributed by atoms with van der Waals surface area (Å²) >= 11 is 0. The monoisotopic (exact) mass is 369 g/mol. The number of hydrogen-bond acceptors (Lipinski definition) is 5. The number of rotatable bonds is 6.